The summed E-state index contributed by atoms with van der Waals surface area (Å²) in [5, 5.41) is 12.8. The zero-order valence-corrected chi connectivity index (χ0v) is 15.6. The molecule has 0 bridgehead atoms. The van der Waals surface area contributed by atoms with Crippen LogP contribution in [0.5, 0.6) is 0 Å². The molecule has 2 aliphatic rings. The van der Waals surface area contributed by atoms with Crippen molar-refractivity contribution in [2.24, 2.45) is 0 Å². The molecule has 1 saturated heterocycles. The van der Waals surface area contributed by atoms with Gasteiger partial charge in [0.1, 0.15) is 5.76 Å². The molecule has 4 rings (SSSR count). The van der Waals surface area contributed by atoms with Gasteiger partial charge in [-0.05, 0) is 59.9 Å². The third kappa shape index (κ3) is 3.81. The van der Waals surface area contributed by atoms with E-state index in [0.717, 1.165) is 38.1 Å². The second-order valence-electron chi connectivity index (χ2n) is 6.70. The molecule has 2 fully saturated rings. The van der Waals surface area contributed by atoms with Crippen molar-refractivity contribution < 1.29 is 14.1 Å². The monoisotopic (exact) mass is 418 g/mol. The molecule has 3 N–H and O–H groups in total. The highest BCUT2D eigenvalue weighted by Gasteiger charge is 2.29. The van der Waals surface area contributed by atoms with Gasteiger partial charge in [-0.15, -0.1) is 0 Å². The van der Waals surface area contributed by atoms with E-state index in [9.17, 15) is 9.59 Å². The predicted molar refractivity (Wildman–Crippen MR) is 99.3 cm³/mol. The van der Waals surface area contributed by atoms with Gasteiger partial charge in [-0.3, -0.25) is 9.59 Å². The normalized spacial score (nSPS) is 19.3. The number of anilines is 1. The van der Waals surface area contributed by atoms with Crippen molar-refractivity contribution in [1.82, 2.24) is 15.8 Å². The van der Waals surface area contributed by atoms with Crippen LogP contribution in [0.15, 0.2) is 33.3 Å². The smallest absolute Gasteiger partial charge is 0.277 e. The Labute approximate surface area is 159 Å². The maximum Gasteiger partial charge on any atom is 0.277 e. The summed E-state index contributed by atoms with van der Waals surface area (Å²) in [6.45, 7) is 1.71. The van der Waals surface area contributed by atoms with E-state index in [-0.39, 0.29) is 23.6 Å². The van der Waals surface area contributed by atoms with Crippen LogP contribution in [0.25, 0.3) is 0 Å². The minimum Gasteiger partial charge on any atom is -0.360 e. The van der Waals surface area contributed by atoms with E-state index in [1.165, 1.54) is 0 Å². The Morgan fingerprint density at radius 3 is 2.73 bits per heavy atom. The molecule has 1 aliphatic carbocycles. The summed E-state index contributed by atoms with van der Waals surface area (Å²) in [4.78, 5) is 24.7. The molecule has 26 heavy (non-hydrogen) atoms. The van der Waals surface area contributed by atoms with E-state index in [0.29, 0.717) is 21.6 Å². The van der Waals surface area contributed by atoms with Gasteiger partial charge in [-0.2, -0.15) is 0 Å². The van der Waals surface area contributed by atoms with Crippen molar-refractivity contribution in [3.8, 4) is 0 Å². The fraction of sp³-hybridized carbons (Fsp3) is 0.389. The van der Waals surface area contributed by atoms with Gasteiger partial charge in [0.15, 0.2) is 5.69 Å². The summed E-state index contributed by atoms with van der Waals surface area (Å²) in [5.41, 5.74) is 1.38. The number of nitrogens with zero attached hydrogens (tertiary/aromatic N) is 1. The van der Waals surface area contributed by atoms with Crippen molar-refractivity contribution >= 4 is 33.4 Å². The van der Waals surface area contributed by atoms with Gasteiger partial charge in [0, 0.05) is 34.7 Å². The average molecular weight is 419 g/mol. The Kier molecular flexibility index (Phi) is 4.78. The Hall–Kier alpha value is -2.19. The van der Waals surface area contributed by atoms with Crippen LogP contribution >= 0.6 is 15.9 Å². The molecule has 2 aromatic rings. The summed E-state index contributed by atoms with van der Waals surface area (Å²) in [6, 6.07) is 6.95. The fourth-order valence-corrected chi connectivity index (χ4v) is 3.53. The maximum atomic E-state index is 12.4. The highest BCUT2D eigenvalue weighted by atomic mass is 79.9. The number of nitrogens with one attached hydrogen (secondary N) is 3. The first-order valence-corrected chi connectivity index (χ1v) is 9.48. The molecule has 2 heterocycles. The number of hydrogen-bond acceptors (Lipinski definition) is 5. The van der Waals surface area contributed by atoms with E-state index in [4.69, 9.17) is 4.52 Å². The van der Waals surface area contributed by atoms with E-state index in [1.807, 2.05) is 0 Å². The second-order valence-corrected chi connectivity index (χ2v) is 7.56. The Balaban J connectivity index is 1.41. The van der Waals surface area contributed by atoms with Crippen molar-refractivity contribution in [2.45, 2.75) is 31.2 Å². The molecule has 1 aliphatic heterocycles. The molecular weight excluding hydrogens is 400 g/mol. The molecule has 1 unspecified atom stereocenters. The quantitative estimate of drug-likeness (QED) is 0.693. The van der Waals surface area contributed by atoms with Crippen molar-refractivity contribution in [1.29, 1.82) is 0 Å². The first-order valence-electron chi connectivity index (χ1n) is 8.69. The highest BCUT2D eigenvalue weighted by Crippen LogP contribution is 2.40. The first kappa shape index (κ1) is 17.2. The number of halogens is 1. The number of carbonyl (C=O) groups excluding carboxylic acids is 2. The minimum atomic E-state index is -0.332. The van der Waals surface area contributed by atoms with E-state index in [1.54, 1.807) is 24.3 Å². The van der Waals surface area contributed by atoms with Gasteiger partial charge >= 0.3 is 0 Å². The van der Waals surface area contributed by atoms with Crippen LogP contribution < -0.4 is 16.0 Å². The van der Waals surface area contributed by atoms with Crippen LogP contribution in [-0.4, -0.2) is 36.1 Å². The largest absolute Gasteiger partial charge is 0.360 e. The number of benzene rings is 1. The summed E-state index contributed by atoms with van der Waals surface area (Å²) in [6.07, 6.45) is 3.10. The van der Waals surface area contributed by atoms with Gasteiger partial charge in [0.2, 0.25) is 0 Å². The van der Waals surface area contributed by atoms with Gasteiger partial charge in [-0.1, -0.05) is 5.16 Å². The molecule has 1 aromatic heterocycles. The van der Waals surface area contributed by atoms with E-state index in [2.05, 4.69) is 37.0 Å². The van der Waals surface area contributed by atoms with Gasteiger partial charge in [0.25, 0.3) is 11.8 Å². The summed E-state index contributed by atoms with van der Waals surface area (Å²) >= 11 is 3.41. The van der Waals surface area contributed by atoms with Crippen LogP contribution in [0.1, 0.15) is 51.8 Å². The van der Waals surface area contributed by atoms with Crippen molar-refractivity contribution in [3.63, 3.8) is 0 Å². The predicted octanol–water partition coefficient (Wildman–Crippen LogP) is 2.66. The molecule has 1 atom stereocenters. The van der Waals surface area contributed by atoms with Crippen LogP contribution in [0.3, 0.4) is 0 Å². The zero-order valence-electron chi connectivity index (χ0n) is 14.0. The Morgan fingerprint density at radius 2 is 2.04 bits per heavy atom. The van der Waals surface area contributed by atoms with Crippen LogP contribution in [-0.2, 0) is 0 Å². The molecule has 2 amide bonds. The van der Waals surface area contributed by atoms with Crippen LogP contribution in [0.4, 0.5) is 5.69 Å². The lowest BCUT2D eigenvalue weighted by Gasteiger charge is -2.13. The topological polar surface area (TPSA) is 96.3 Å². The molecule has 7 nitrogen and oxygen atoms in total. The minimum absolute atomic E-state index is 0.131. The fourth-order valence-electron chi connectivity index (χ4n) is 2.97. The Bertz CT molecular complexity index is 841. The average Bonchev–Trinajstić information content (AvgIpc) is 3.12. The molecule has 8 heteroatoms. The lowest BCUT2D eigenvalue weighted by atomic mass is 10.1. The molecular formula is C18H19BrN4O3. The standard InChI is InChI=1S/C18H19BrN4O3/c19-14-7-11(3-4-13(14)17(24)22-12-5-6-20-9-12)21-18(25)15-8-16(26-23-15)10-1-2-10/h3-4,7-8,10,12,20H,1-2,5-6,9H2,(H,21,25)(H,22,24). The Morgan fingerprint density at radius 1 is 1.19 bits per heavy atom. The third-order valence-corrected chi connectivity index (χ3v) is 5.26. The van der Waals surface area contributed by atoms with E-state index < -0.39 is 0 Å². The SMILES string of the molecule is O=C(Nc1ccc(C(=O)NC2CCNC2)c(Br)c1)c1cc(C2CC2)on1. The number of hydrogen-bond donors (Lipinski definition) is 3. The van der Waals surface area contributed by atoms with Gasteiger partial charge < -0.3 is 20.5 Å². The number of aromatic nitrogens is 1. The van der Waals surface area contributed by atoms with E-state index >= 15 is 0 Å². The number of amides is 2. The zero-order chi connectivity index (χ0) is 18.1. The third-order valence-electron chi connectivity index (χ3n) is 4.61. The second kappa shape index (κ2) is 7.20. The summed E-state index contributed by atoms with van der Waals surface area (Å²) < 4.78 is 5.83. The summed E-state index contributed by atoms with van der Waals surface area (Å²) in [5.74, 6) is 0.714. The number of rotatable bonds is 5. The molecule has 0 spiro atoms. The molecule has 1 saturated carbocycles. The maximum absolute atomic E-state index is 12.4. The van der Waals surface area contributed by atoms with Gasteiger partial charge in [-0.25, -0.2) is 0 Å². The lowest BCUT2D eigenvalue weighted by molar-refractivity contribution is 0.0938. The van der Waals surface area contributed by atoms with Crippen LogP contribution in [0.2, 0.25) is 0 Å². The van der Waals surface area contributed by atoms with Crippen LogP contribution in [0, 0.1) is 0 Å². The van der Waals surface area contributed by atoms with Crippen molar-refractivity contribution in [2.75, 3.05) is 18.4 Å². The lowest BCUT2D eigenvalue weighted by Crippen LogP contribution is -2.36. The first-order chi connectivity index (χ1) is 12.6. The summed E-state index contributed by atoms with van der Waals surface area (Å²) in [7, 11) is 0. The van der Waals surface area contributed by atoms with Gasteiger partial charge in [0.05, 0.1) is 5.56 Å². The molecule has 1 aromatic carbocycles. The molecule has 0 radical (unpaired) electrons. The number of carbonyl (C=O) groups is 2. The van der Waals surface area contributed by atoms with Crippen molar-refractivity contribution in [3.05, 3.63) is 45.8 Å². The molecule has 136 valence electrons. The highest BCUT2D eigenvalue weighted by molar-refractivity contribution is 9.10.